The Morgan fingerprint density at radius 1 is 1.56 bits per heavy atom. The standard InChI is InChI=1S/C11H11BrClNO2/c12-9-3-7(1-2-10(9)13)5-14-6-8(15)4-11(14)16/h1-3,8,15H,4-6H2. The SMILES string of the molecule is O=C1CC(O)CN1Cc1ccc(Cl)c(Br)c1. The number of nitrogens with zero attached hydrogens (tertiary/aromatic N) is 1. The highest BCUT2D eigenvalue weighted by molar-refractivity contribution is 9.10. The number of aliphatic hydroxyl groups excluding tert-OH is 1. The van der Waals surface area contributed by atoms with Gasteiger partial charge in [-0.15, -0.1) is 0 Å². The molecular weight excluding hydrogens is 293 g/mol. The summed E-state index contributed by atoms with van der Waals surface area (Å²) >= 11 is 9.22. The Morgan fingerprint density at radius 3 is 2.88 bits per heavy atom. The number of carbonyl (C=O) groups is 1. The van der Waals surface area contributed by atoms with Crippen molar-refractivity contribution >= 4 is 33.4 Å². The number of halogens is 2. The normalized spacial score (nSPS) is 20.6. The lowest BCUT2D eigenvalue weighted by Gasteiger charge is -2.16. The molecule has 1 fully saturated rings. The summed E-state index contributed by atoms with van der Waals surface area (Å²) < 4.78 is 0.818. The average Bonchev–Trinajstić information content (AvgIpc) is 2.51. The highest BCUT2D eigenvalue weighted by Gasteiger charge is 2.27. The maximum absolute atomic E-state index is 11.5. The summed E-state index contributed by atoms with van der Waals surface area (Å²) in [5, 5.41) is 10.0. The summed E-state index contributed by atoms with van der Waals surface area (Å²) in [6.45, 7) is 0.935. The molecule has 1 unspecified atom stereocenters. The summed E-state index contributed by atoms with van der Waals surface area (Å²) in [6.07, 6.45) is -0.294. The van der Waals surface area contributed by atoms with Gasteiger partial charge >= 0.3 is 0 Å². The number of benzene rings is 1. The third-order valence-corrected chi connectivity index (χ3v) is 3.77. The van der Waals surface area contributed by atoms with Crippen molar-refractivity contribution in [2.75, 3.05) is 6.54 Å². The number of hydrogen-bond acceptors (Lipinski definition) is 2. The van der Waals surface area contributed by atoms with E-state index in [2.05, 4.69) is 15.9 Å². The minimum atomic E-state index is -0.525. The first-order valence-corrected chi connectivity index (χ1v) is 6.13. The van der Waals surface area contributed by atoms with Crippen LogP contribution in [-0.4, -0.2) is 28.6 Å². The van der Waals surface area contributed by atoms with Crippen molar-refractivity contribution in [1.29, 1.82) is 0 Å². The predicted molar refractivity (Wildman–Crippen MR) is 65.2 cm³/mol. The first-order valence-electron chi connectivity index (χ1n) is 4.96. The highest BCUT2D eigenvalue weighted by Crippen LogP contribution is 2.24. The quantitative estimate of drug-likeness (QED) is 0.910. The van der Waals surface area contributed by atoms with Crippen LogP contribution in [0.25, 0.3) is 0 Å². The molecule has 86 valence electrons. The van der Waals surface area contributed by atoms with Gasteiger partial charge in [0.2, 0.25) is 5.91 Å². The maximum atomic E-state index is 11.5. The third-order valence-electron chi connectivity index (χ3n) is 2.55. The van der Waals surface area contributed by atoms with Crippen LogP contribution in [0.2, 0.25) is 5.02 Å². The van der Waals surface area contributed by atoms with Gasteiger partial charge in [-0.2, -0.15) is 0 Å². The van der Waals surface area contributed by atoms with Crippen LogP contribution in [0.4, 0.5) is 0 Å². The second-order valence-electron chi connectivity index (χ2n) is 3.88. The Bertz CT molecular complexity index is 424. The van der Waals surface area contributed by atoms with Gasteiger partial charge in [0.1, 0.15) is 0 Å². The molecule has 1 amide bonds. The number of β-amino-alcohol motifs (C(OH)–C–C–N with tert-alkyl or cyclic N) is 1. The first kappa shape index (κ1) is 11.9. The topological polar surface area (TPSA) is 40.5 Å². The minimum Gasteiger partial charge on any atom is -0.391 e. The molecule has 1 heterocycles. The average molecular weight is 305 g/mol. The molecular formula is C11H11BrClNO2. The van der Waals surface area contributed by atoms with E-state index >= 15 is 0 Å². The van der Waals surface area contributed by atoms with E-state index in [4.69, 9.17) is 11.6 Å². The number of rotatable bonds is 2. The number of aliphatic hydroxyl groups is 1. The van der Waals surface area contributed by atoms with Gasteiger partial charge in [-0.25, -0.2) is 0 Å². The van der Waals surface area contributed by atoms with E-state index in [9.17, 15) is 9.90 Å². The molecule has 1 aromatic rings. The number of amides is 1. The Hall–Kier alpha value is -0.580. The molecule has 0 radical (unpaired) electrons. The van der Waals surface area contributed by atoms with E-state index in [0.29, 0.717) is 18.1 Å². The summed E-state index contributed by atoms with van der Waals surface area (Å²) in [5.41, 5.74) is 0.999. The first-order chi connectivity index (χ1) is 7.56. The van der Waals surface area contributed by atoms with Crippen molar-refractivity contribution in [1.82, 2.24) is 4.90 Å². The van der Waals surface area contributed by atoms with Crippen LogP contribution in [0.1, 0.15) is 12.0 Å². The van der Waals surface area contributed by atoms with Crippen LogP contribution >= 0.6 is 27.5 Å². The van der Waals surface area contributed by atoms with E-state index in [0.717, 1.165) is 10.0 Å². The van der Waals surface area contributed by atoms with E-state index in [-0.39, 0.29) is 12.3 Å². The second-order valence-corrected chi connectivity index (χ2v) is 5.14. The summed E-state index contributed by atoms with van der Waals surface area (Å²) in [4.78, 5) is 13.1. The molecule has 5 heteroatoms. The lowest BCUT2D eigenvalue weighted by atomic mass is 10.2. The van der Waals surface area contributed by atoms with Gasteiger partial charge in [-0.3, -0.25) is 4.79 Å². The monoisotopic (exact) mass is 303 g/mol. The maximum Gasteiger partial charge on any atom is 0.225 e. The predicted octanol–water partition coefficient (Wildman–Crippen LogP) is 2.20. The van der Waals surface area contributed by atoms with Crippen LogP contribution in [0.15, 0.2) is 22.7 Å². The minimum absolute atomic E-state index is 0.00132. The van der Waals surface area contributed by atoms with Gasteiger partial charge in [0.25, 0.3) is 0 Å². The lowest BCUT2D eigenvalue weighted by Crippen LogP contribution is -2.25. The molecule has 1 atom stereocenters. The molecule has 2 rings (SSSR count). The van der Waals surface area contributed by atoms with E-state index in [1.54, 1.807) is 11.0 Å². The molecule has 1 aliphatic rings. The van der Waals surface area contributed by atoms with Crippen molar-refractivity contribution in [2.24, 2.45) is 0 Å². The van der Waals surface area contributed by atoms with Crippen molar-refractivity contribution in [3.05, 3.63) is 33.3 Å². The summed E-state index contributed by atoms with van der Waals surface area (Å²) in [7, 11) is 0. The van der Waals surface area contributed by atoms with Crippen LogP contribution in [0.5, 0.6) is 0 Å². The van der Waals surface area contributed by atoms with Crippen LogP contribution < -0.4 is 0 Å². The number of carbonyl (C=O) groups excluding carboxylic acids is 1. The fourth-order valence-corrected chi connectivity index (χ4v) is 2.31. The van der Waals surface area contributed by atoms with Gasteiger partial charge < -0.3 is 10.0 Å². The van der Waals surface area contributed by atoms with Gasteiger partial charge in [-0.05, 0) is 33.6 Å². The molecule has 16 heavy (non-hydrogen) atoms. The molecule has 0 saturated carbocycles. The smallest absolute Gasteiger partial charge is 0.225 e. The van der Waals surface area contributed by atoms with E-state index in [1.807, 2.05) is 12.1 Å². The molecule has 3 nitrogen and oxygen atoms in total. The van der Waals surface area contributed by atoms with E-state index in [1.165, 1.54) is 0 Å². The van der Waals surface area contributed by atoms with E-state index < -0.39 is 6.10 Å². The zero-order valence-corrected chi connectivity index (χ0v) is 10.8. The second kappa shape index (κ2) is 4.73. The van der Waals surface area contributed by atoms with Gasteiger partial charge in [0.15, 0.2) is 0 Å². The molecule has 1 aliphatic heterocycles. The molecule has 1 aromatic carbocycles. The zero-order valence-electron chi connectivity index (χ0n) is 8.49. The Kier molecular flexibility index (Phi) is 3.52. The van der Waals surface area contributed by atoms with Crippen LogP contribution in [-0.2, 0) is 11.3 Å². The molecule has 0 bridgehead atoms. The van der Waals surface area contributed by atoms with Gasteiger partial charge in [0, 0.05) is 17.6 Å². The fourth-order valence-electron chi connectivity index (χ4n) is 1.76. The van der Waals surface area contributed by atoms with Gasteiger partial charge in [0.05, 0.1) is 17.5 Å². The molecule has 0 aliphatic carbocycles. The van der Waals surface area contributed by atoms with Crippen LogP contribution in [0.3, 0.4) is 0 Å². The molecule has 1 N–H and O–H groups in total. The Morgan fingerprint density at radius 2 is 2.31 bits per heavy atom. The third kappa shape index (κ3) is 2.56. The van der Waals surface area contributed by atoms with Crippen molar-refractivity contribution in [3.63, 3.8) is 0 Å². The van der Waals surface area contributed by atoms with Crippen molar-refractivity contribution in [3.8, 4) is 0 Å². The molecule has 0 spiro atoms. The highest BCUT2D eigenvalue weighted by atomic mass is 79.9. The Balaban J connectivity index is 2.09. The van der Waals surface area contributed by atoms with Gasteiger partial charge in [-0.1, -0.05) is 17.7 Å². The fraction of sp³-hybridized carbons (Fsp3) is 0.364. The Labute approximate surface area is 107 Å². The number of likely N-dealkylation sites (tertiary alicyclic amines) is 1. The molecule has 0 aromatic heterocycles. The summed E-state index contributed by atoms with van der Waals surface area (Å²) in [6, 6.07) is 5.56. The molecule has 1 saturated heterocycles. The van der Waals surface area contributed by atoms with Crippen molar-refractivity contribution < 1.29 is 9.90 Å². The number of hydrogen-bond donors (Lipinski definition) is 1. The zero-order chi connectivity index (χ0) is 11.7. The summed E-state index contributed by atoms with van der Waals surface area (Å²) in [5.74, 6) is -0.00132. The van der Waals surface area contributed by atoms with Crippen LogP contribution in [0, 0.1) is 0 Å². The largest absolute Gasteiger partial charge is 0.391 e. The lowest BCUT2D eigenvalue weighted by molar-refractivity contribution is -0.128. The van der Waals surface area contributed by atoms with Crippen molar-refractivity contribution in [2.45, 2.75) is 19.1 Å².